The van der Waals surface area contributed by atoms with Gasteiger partial charge < -0.3 is 30.9 Å². The molecular weight excluding hydrogens is 616 g/mol. The second-order valence-electron chi connectivity index (χ2n) is 12.1. The summed E-state index contributed by atoms with van der Waals surface area (Å²) >= 11 is 6.60. The van der Waals surface area contributed by atoms with E-state index in [4.69, 9.17) is 31.9 Å². The molecule has 3 aromatic carbocycles. The van der Waals surface area contributed by atoms with Crippen LogP contribution in [0.4, 0.5) is 8.78 Å². The predicted molar refractivity (Wildman–Crippen MR) is 172 cm³/mol. The van der Waals surface area contributed by atoms with Crippen LogP contribution in [0.1, 0.15) is 72.9 Å². The normalized spacial score (nSPS) is 22.2. The maximum absolute atomic E-state index is 16.0. The molecule has 0 radical (unpaired) electrons. The average molecular weight is 656 g/mol. The van der Waals surface area contributed by atoms with Crippen LogP contribution in [0.2, 0.25) is 5.02 Å². The Hall–Kier alpha value is -3.73. The summed E-state index contributed by atoms with van der Waals surface area (Å²) in [6.45, 7) is 2.91. The Morgan fingerprint density at radius 3 is 2.46 bits per heavy atom. The number of rotatable bonds is 12. The number of halogens is 3. The lowest BCUT2D eigenvalue weighted by Gasteiger charge is -2.37. The predicted octanol–water partition coefficient (Wildman–Crippen LogP) is 5.82. The Morgan fingerprint density at radius 1 is 1.09 bits per heavy atom. The lowest BCUT2D eigenvalue weighted by molar-refractivity contribution is -0.126. The second-order valence-corrected chi connectivity index (χ2v) is 12.4. The molecule has 5 rings (SSSR count). The van der Waals surface area contributed by atoms with Crippen LogP contribution in [-0.4, -0.2) is 49.8 Å². The Kier molecular flexibility index (Phi) is 10.5. The molecule has 0 spiro atoms. The number of hydrogen-bond acceptors (Lipinski definition) is 6. The number of nitrogens with two attached hydrogens (primary N) is 1. The van der Waals surface area contributed by atoms with Gasteiger partial charge in [0.1, 0.15) is 11.6 Å². The van der Waals surface area contributed by atoms with Crippen LogP contribution < -0.4 is 25.8 Å². The highest BCUT2D eigenvalue weighted by molar-refractivity contribution is 6.34. The van der Waals surface area contributed by atoms with Gasteiger partial charge in [-0.1, -0.05) is 48.9 Å². The van der Waals surface area contributed by atoms with Gasteiger partial charge in [-0.15, -0.1) is 0 Å². The molecule has 3 aromatic rings. The summed E-state index contributed by atoms with van der Waals surface area (Å²) in [5, 5.41) is 15.2. The topological polar surface area (TPSA) is 123 Å². The van der Waals surface area contributed by atoms with E-state index in [2.05, 4.69) is 10.6 Å². The molecule has 11 heteroatoms. The number of ether oxygens (including phenoxy) is 2. The summed E-state index contributed by atoms with van der Waals surface area (Å²) in [6, 6.07) is 13.5. The summed E-state index contributed by atoms with van der Waals surface area (Å²) in [7, 11) is 1.29. The van der Waals surface area contributed by atoms with Crippen LogP contribution in [0, 0.1) is 17.6 Å². The lowest BCUT2D eigenvalue weighted by atomic mass is 9.77. The molecule has 0 aromatic heterocycles. The molecule has 2 atom stereocenters. The number of unbranched alkanes of at least 4 members (excludes halogenated alkanes) is 1. The Bertz CT molecular complexity index is 1580. The van der Waals surface area contributed by atoms with Crippen molar-refractivity contribution in [2.45, 2.75) is 63.0 Å². The molecular formula is C35H40ClF2N3O5. The summed E-state index contributed by atoms with van der Waals surface area (Å²) in [5.41, 5.74) is 5.49. The Morgan fingerprint density at radius 2 is 1.80 bits per heavy atom. The van der Waals surface area contributed by atoms with Gasteiger partial charge in [0.05, 0.1) is 17.7 Å². The fourth-order valence-electron chi connectivity index (χ4n) is 6.83. The molecule has 1 heterocycles. The maximum Gasteiger partial charge on any atom is 0.249 e. The number of hydrogen-bond donors (Lipinski definition) is 4. The van der Waals surface area contributed by atoms with Gasteiger partial charge in [-0.2, -0.15) is 0 Å². The van der Waals surface area contributed by atoms with Crippen molar-refractivity contribution < 1.29 is 33.0 Å². The minimum Gasteiger partial charge on any atom is -0.494 e. The van der Waals surface area contributed by atoms with Crippen LogP contribution in [0.3, 0.4) is 0 Å². The van der Waals surface area contributed by atoms with E-state index in [9.17, 15) is 9.59 Å². The average Bonchev–Trinajstić information content (AvgIpc) is 3.34. The third-order valence-corrected chi connectivity index (χ3v) is 9.76. The third kappa shape index (κ3) is 6.43. The van der Waals surface area contributed by atoms with Gasteiger partial charge in [0, 0.05) is 60.3 Å². The largest absolute Gasteiger partial charge is 0.494 e. The number of primary amides is 1. The van der Waals surface area contributed by atoms with Crippen molar-refractivity contribution in [2.24, 2.45) is 11.7 Å². The molecule has 0 saturated heterocycles. The van der Waals surface area contributed by atoms with Gasteiger partial charge in [0.2, 0.25) is 11.8 Å². The number of methoxy groups -OCH3 is 1. The monoisotopic (exact) mass is 655 g/mol. The third-order valence-electron chi connectivity index (χ3n) is 9.39. The first-order chi connectivity index (χ1) is 22.1. The van der Waals surface area contributed by atoms with Crippen LogP contribution in [0.15, 0.2) is 48.5 Å². The first kappa shape index (κ1) is 33.6. The second kappa shape index (κ2) is 14.4. The fraction of sp³-hybridized carbons (Fsp3) is 0.429. The molecule has 2 aliphatic rings. The minimum absolute atomic E-state index is 0.00215. The van der Waals surface area contributed by atoms with Crippen molar-refractivity contribution >= 4 is 23.4 Å². The first-order valence-corrected chi connectivity index (χ1v) is 16.1. The molecule has 2 amide bonds. The number of aliphatic hydroxyl groups is 1. The van der Waals surface area contributed by atoms with Crippen LogP contribution in [0.5, 0.6) is 11.5 Å². The molecule has 0 bridgehead atoms. The summed E-state index contributed by atoms with van der Waals surface area (Å²) in [4.78, 5) is 25.2. The van der Waals surface area contributed by atoms with Crippen LogP contribution >= 0.6 is 11.6 Å². The van der Waals surface area contributed by atoms with Crippen molar-refractivity contribution in [3.63, 3.8) is 0 Å². The van der Waals surface area contributed by atoms with E-state index in [0.29, 0.717) is 25.1 Å². The van der Waals surface area contributed by atoms with Crippen molar-refractivity contribution in [2.75, 3.05) is 26.8 Å². The Balaban J connectivity index is 1.46. The minimum atomic E-state index is -1.04. The SMILES string of the molecule is COc1ccc(C(N)=O)c(-c2c(Cl)c(F)cc3c2[C@H](C)[C@@](CNC2CCC(C(=O)NCCCCO)CC2)(c2ccccc2)O3)c1F. The number of fused-ring (bicyclic) bond motifs is 1. The van der Waals surface area contributed by atoms with Crippen molar-refractivity contribution in [3.05, 3.63) is 81.9 Å². The standard InChI is InChI=1S/C35H40ClF2N3O5/c1-20-28-27(18-25(37)31(36)30(28)29-24(33(39)43)14-15-26(45-2)32(29)38)46-35(20,22-8-4-3-5-9-22)19-41-23-12-10-21(11-13-23)34(44)40-16-6-7-17-42/h3-5,8-9,14-15,18,20-21,23,41-42H,6-7,10-13,16-17,19H2,1-2H3,(H2,39,43)(H,40,44)/t20-,21?,23?,35-/m0/s1. The Labute approximate surface area is 272 Å². The van der Waals surface area contributed by atoms with Crippen molar-refractivity contribution in [3.8, 4) is 22.6 Å². The quantitative estimate of drug-likeness (QED) is 0.182. The number of carbonyl (C=O) groups is 2. The lowest BCUT2D eigenvalue weighted by Crippen LogP contribution is -2.48. The zero-order chi connectivity index (χ0) is 33.0. The molecule has 8 nitrogen and oxygen atoms in total. The van der Waals surface area contributed by atoms with E-state index in [1.54, 1.807) is 0 Å². The number of amides is 2. The van der Waals surface area contributed by atoms with Gasteiger partial charge in [-0.25, -0.2) is 8.78 Å². The molecule has 1 aliphatic carbocycles. The van der Waals surface area contributed by atoms with Gasteiger partial charge in [0.15, 0.2) is 17.2 Å². The smallest absolute Gasteiger partial charge is 0.249 e. The van der Waals surface area contributed by atoms with Gasteiger partial charge >= 0.3 is 0 Å². The number of benzene rings is 3. The zero-order valence-corrected chi connectivity index (χ0v) is 26.8. The molecule has 246 valence electrons. The maximum atomic E-state index is 16.0. The molecule has 1 aliphatic heterocycles. The van der Waals surface area contributed by atoms with E-state index in [0.717, 1.165) is 37.7 Å². The van der Waals surface area contributed by atoms with Gasteiger partial charge in [0.25, 0.3) is 0 Å². The summed E-state index contributed by atoms with van der Waals surface area (Å²) in [6.07, 6.45) is 4.42. The van der Waals surface area contributed by atoms with Crippen molar-refractivity contribution in [1.29, 1.82) is 0 Å². The first-order valence-electron chi connectivity index (χ1n) is 15.7. The highest BCUT2D eigenvalue weighted by atomic mass is 35.5. The molecule has 1 fully saturated rings. The zero-order valence-electron chi connectivity index (χ0n) is 26.0. The highest BCUT2D eigenvalue weighted by Crippen LogP contribution is 2.56. The molecule has 1 saturated carbocycles. The number of aliphatic hydroxyl groups excluding tert-OH is 1. The van der Waals surface area contributed by atoms with Gasteiger partial charge in [-0.3, -0.25) is 9.59 Å². The van der Waals surface area contributed by atoms with E-state index in [-0.39, 0.29) is 57.7 Å². The molecule has 0 unspecified atom stereocenters. The number of nitrogens with one attached hydrogen (secondary N) is 2. The highest BCUT2D eigenvalue weighted by Gasteiger charge is 2.50. The van der Waals surface area contributed by atoms with Gasteiger partial charge in [-0.05, 0) is 56.2 Å². The fourth-order valence-corrected chi connectivity index (χ4v) is 7.08. The summed E-state index contributed by atoms with van der Waals surface area (Å²) < 4.78 is 43.4. The van der Waals surface area contributed by atoms with Crippen molar-refractivity contribution in [1.82, 2.24) is 10.6 Å². The van der Waals surface area contributed by atoms with Crippen LogP contribution in [-0.2, 0) is 10.4 Å². The van der Waals surface area contributed by atoms with E-state index in [1.165, 1.54) is 25.3 Å². The van der Waals surface area contributed by atoms with E-state index >= 15 is 8.78 Å². The molecule has 5 N–H and O–H groups in total. The van der Waals surface area contributed by atoms with E-state index < -0.39 is 29.1 Å². The summed E-state index contributed by atoms with van der Waals surface area (Å²) in [5.74, 6) is -3.07. The number of carbonyl (C=O) groups excluding carboxylic acids is 2. The van der Waals surface area contributed by atoms with E-state index in [1.807, 2.05) is 37.3 Å². The van der Waals surface area contributed by atoms with Crippen LogP contribution in [0.25, 0.3) is 11.1 Å². The molecule has 46 heavy (non-hydrogen) atoms.